The summed E-state index contributed by atoms with van der Waals surface area (Å²) in [6, 6.07) is 0.833. The molecule has 2 bridgehead atoms. The molecule has 2 unspecified atom stereocenters. The molecule has 2 aliphatic rings. The first-order valence-electron chi connectivity index (χ1n) is 4.75. The number of nitrogens with one attached hydrogen (secondary N) is 2. The van der Waals surface area contributed by atoms with Gasteiger partial charge in [0.25, 0.3) is 5.91 Å². The number of likely N-dealkylation sites (tertiary alicyclic amines) is 1. The number of hydrogen-bond acceptors (Lipinski definition) is 4. The first-order chi connectivity index (χ1) is 6.84. The second-order valence-electron chi connectivity index (χ2n) is 3.81. The van der Waals surface area contributed by atoms with Crippen LogP contribution in [0.5, 0.6) is 0 Å². The minimum atomic E-state index is -0.00671. The molecule has 2 fully saturated rings. The Morgan fingerprint density at radius 3 is 3.14 bits per heavy atom. The highest BCUT2D eigenvalue weighted by Gasteiger charge is 2.40. The van der Waals surface area contributed by atoms with Crippen LogP contribution in [-0.2, 0) is 0 Å². The van der Waals surface area contributed by atoms with Crippen molar-refractivity contribution in [3.8, 4) is 0 Å². The van der Waals surface area contributed by atoms with E-state index < -0.39 is 0 Å². The molecule has 0 aliphatic carbocycles. The lowest BCUT2D eigenvalue weighted by molar-refractivity contribution is 0.0710. The third kappa shape index (κ3) is 1.04. The molecular formula is C8H11N5O. The number of nitrogens with zero attached hydrogens (tertiary/aromatic N) is 3. The standard InChI is InChI=1S/C8H11N5O/c14-8(7-3-10-12-11-7)13-4-5-1-6(13)2-9-5/h3,5-6,9H,1-2,4H2,(H,10,11,12). The van der Waals surface area contributed by atoms with Gasteiger partial charge < -0.3 is 10.2 Å². The van der Waals surface area contributed by atoms with Gasteiger partial charge in [0, 0.05) is 25.2 Å². The van der Waals surface area contributed by atoms with Gasteiger partial charge in [-0.15, -0.1) is 0 Å². The zero-order chi connectivity index (χ0) is 9.54. The van der Waals surface area contributed by atoms with Crippen LogP contribution in [0.4, 0.5) is 0 Å². The molecule has 1 aromatic heterocycles. The summed E-state index contributed by atoms with van der Waals surface area (Å²) in [6.07, 6.45) is 2.55. The van der Waals surface area contributed by atoms with E-state index in [0.29, 0.717) is 17.8 Å². The lowest BCUT2D eigenvalue weighted by Crippen LogP contribution is -2.46. The van der Waals surface area contributed by atoms with Crippen LogP contribution in [0, 0.1) is 0 Å². The maximum Gasteiger partial charge on any atom is 0.276 e. The van der Waals surface area contributed by atoms with Gasteiger partial charge in [-0.1, -0.05) is 0 Å². The van der Waals surface area contributed by atoms with Gasteiger partial charge in [0.2, 0.25) is 0 Å². The highest BCUT2D eigenvalue weighted by atomic mass is 16.2. The molecule has 6 nitrogen and oxygen atoms in total. The van der Waals surface area contributed by atoms with E-state index in [1.165, 1.54) is 6.20 Å². The molecule has 0 aromatic carbocycles. The number of piperazine rings is 1. The number of hydrogen-bond donors (Lipinski definition) is 2. The van der Waals surface area contributed by atoms with Crippen molar-refractivity contribution in [1.29, 1.82) is 0 Å². The Labute approximate surface area is 80.7 Å². The van der Waals surface area contributed by atoms with E-state index in [0.717, 1.165) is 19.5 Å². The first kappa shape index (κ1) is 7.93. The molecule has 1 aromatic rings. The summed E-state index contributed by atoms with van der Waals surface area (Å²) in [5.41, 5.74) is 0.414. The lowest BCUT2D eigenvalue weighted by Gasteiger charge is -2.26. The smallest absolute Gasteiger partial charge is 0.276 e. The molecule has 1 amide bonds. The summed E-state index contributed by atoms with van der Waals surface area (Å²) >= 11 is 0. The van der Waals surface area contributed by atoms with E-state index in [4.69, 9.17) is 0 Å². The minimum absolute atomic E-state index is 0.00671. The van der Waals surface area contributed by atoms with Crippen molar-refractivity contribution in [2.45, 2.75) is 18.5 Å². The van der Waals surface area contributed by atoms with Gasteiger partial charge >= 0.3 is 0 Å². The summed E-state index contributed by atoms with van der Waals surface area (Å²) in [5.74, 6) is -0.00671. The largest absolute Gasteiger partial charge is 0.331 e. The van der Waals surface area contributed by atoms with E-state index in [1.54, 1.807) is 0 Å². The highest BCUT2D eigenvalue weighted by molar-refractivity contribution is 5.92. The van der Waals surface area contributed by atoms with Gasteiger partial charge in [-0.3, -0.25) is 4.79 Å². The molecular weight excluding hydrogens is 182 g/mol. The predicted octanol–water partition coefficient (Wildman–Crippen LogP) is -1.01. The fraction of sp³-hybridized carbons (Fsp3) is 0.625. The molecule has 2 saturated heterocycles. The number of carbonyl (C=O) groups is 1. The molecule has 14 heavy (non-hydrogen) atoms. The number of aromatic amines is 1. The number of fused-ring (bicyclic) bond motifs is 2. The van der Waals surface area contributed by atoms with Gasteiger partial charge in [0.15, 0.2) is 5.69 Å². The van der Waals surface area contributed by atoms with Crippen LogP contribution in [0.25, 0.3) is 0 Å². The van der Waals surface area contributed by atoms with Crippen molar-refractivity contribution in [2.75, 3.05) is 13.1 Å². The monoisotopic (exact) mass is 193 g/mol. The molecule has 2 N–H and O–H groups in total. The van der Waals surface area contributed by atoms with Gasteiger partial charge in [0.05, 0.1) is 6.20 Å². The van der Waals surface area contributed by atoms with Gasteiger partial charge in [-0.25, -0.2) is 0 Å². The third-order valence-corrected chi connectivity index (χ3v) is 2.95. The van der Waals surface area contributed by atoms with Crippen LogP contribution in [0.3, 0.4) is 0 Å². The van der Waals surface area contributed by atoms with E-state index in [9.17, 15) is 4.79 Å². The Morgan fingerprint density at radius 1 is 1.64 bits per heavy atom. The van der Waals surface area contributed by atoms with E-state index in [2.05, 4.69) is 20.7 Å². The lowest BCUT2D eigenvalue weighted by atomic mass is 10.2. The number of amides is 1. The van der Waals surface area contributed by atoms with Crippen LogP contribution in [0.1, 0.15) is 16.9 Å². The van der Waals surface area contributed by atoms with Crippen molar-refractivity contribution in [3.05, 3.63) is 11.9 Å². The van der Waals surface area contributed by atoms with Crippen LogP contribution in [-0.4, -0.2) is 51.4 Å². The van der Waals surface area contributed by atoms with Gasteiger partial charge in [-0.05, 0) is 6.42 Å². The summed E-state index contributed by atoms with van der Waals surface area (Å²) in [5, 5.41) is 13.2. The van der Waals surface area contributed by atoms with Crippen LogP contribution in [0.15, 0.2) is 6.20 Å². The molecule has 2 aliphatic heterocycles. The summed E-state index contributed by atoms with van der Waals surface area (Å²) in [6.45, 7) is 1.71. The van der Waals surface area contributed by atoms with E-state index in [1.807, 2.05) is 4.90 Å². The Bertz CT molecular complexity index is 349. The summed E-state index contributed by atoms with van der Waals surface area (Å²) in [7, 11) is 0. The van der Waals surface area contributed by atoms with E-state index >= 15 is 0 Å². The van der Waals surface area contributed by atoms with Crippen LogP contribution < -0.4 is 5.32 Å². The molecule has 3 heterocycles. The average molecular weight is 193 g/mol. The van der Waals surface area contributed by atoms with Crippen molar-refractivity contribution in [1.82, 2.24) is 25.6 Å². The fourth-order valence-corrected chi connectivity index (χ4v) is 2.26. The highest BCUT2D eigenvalue weighted by Crippen LogP contribution is 2.24. The van der Waals surface area contributed by atoms with Crippen LogP contribution >= 0.6 is 0 Å². The predicted molar refractivity (Wildman–Crippen MR) is 47.6 cm³/mol. The van der Waals surface area contributed by atoms with Crippen LogP contribution in [0.2, 0.25) is 0 Å². The number of rotatable bonds is 1. The third-order valence-electron chi connectivity index (χ3n) is 2.95. The SMILES string of the molecule is O=C(c1cn[nH]n1)N1CC2CC1CN2. The summed E-state index contributed by atoms with van der Waals surface area (Å²) in [4.78, 5) is 13.8. The molecule has 74 valence electrons. The Balaban J connectivity index is 1.81. The quantitative estimate of drug-likeness (QED) is 0.599. The fourth-order valence-electron chi connectivity index (χ4n) is 2.26. The molecule has 3 rings (SSSR count). The molecule has 0 spiro atoms. The number of carbonyl (C=O) groups excluding carboxylic acids is 1. The van der Waals surface area contributed by atoms with Gasteiger partial charge in [0.1, 0.15) is 0 Å². The molecule has 0 radical (unpaired) electrons. The Kier molecular flexibility index (Phi) is 1.57. The second-order valence-corrected chi connectivity index (χ2v) is 3.81. The molecule has 6 heteroatoms. The van der Waals surface area contributed by atoms with Crippen molar-refractivity contribution >= 4 is 5.91 Å². The normalized spacial score (nSPS) is 29.9. The average Bonchev–Trinajstić information content (AvgIpc) is 2.93. The van der Waals surface area contributed by atoms with E-state index in [-0.39, 0.29) is 5.91 Å². The molecule has 2 atom stereocenters. The Morgan fingerprint density at radius 2 is 2.57 bits per heavy atom. The van der Waals surface area contributed by atoms with Gasteiger partial charge in [-0.2, -0.15) is 15.4 Å². The van der Waals surface area contributed by atoms with Crippen molar-refractivity contribution in [3.63, 3.8) is 0 Å². The van der Waals surface area contributed by atoms with Crippen molar-refractivity contribution in [2.24, 2.45) is 0 Å². The second kappa shape index (κ2) is 2.78. The first-order valence-corrected chi connectivity index (χ1v) is 4.75. The summed E-state index contributed by atoms with van der Waals surface area (Å²) < 4.78 is 0. The minimum Gasteiger partial charge on any atom is -0.331 e. The number of aromatic nitrogens is 3. The maximum atomic E-state index is 11.9. The maximum absolute atomic E-state index is 11.9. The van der Waals surface area contributed by atoms with Crippen molar-refractivity contribution < 1.29 is 4.79 Å². The number of H-pyrrole nitrogens is 1. The Hall–Kier alpha value is -1.43. The zero-order valence-electron chi connectivity index (χ0n) is 7.60. The molecule has 0 saturated carbocycles. The zero-order valence-corrected chi connectivity index (χ0v) is 7.60. The topological polar surface area (TPSA) is 73.9 Å².